The molecule has 2 aromatic rings. The molecule has 33 heavy (non-hydrogen) atoms. The zero-order valence-corrected chi connectivity index (χ0v) is 20.1. The summed E-state index contributed by atoms with van der Waals surface area (Å²) in [5, 5.41) is 16.6. The lowest BCUT2D eigenvalue weighted by Crippen LogP contribution is -2.61. The smallest absolute Gasteiger partial charge is 0.321 e. The highest BCUT2D eigenvalue weighted by Crippen LogP contribution is 2.46. The molecule has 1 unspecified atom stereocenters. The third-order valence-corrected chi connectivity index (χ3v) is 6.03. The first-order chi connectivity index (χ1) is 15.4. The minimum absolute atomic E-state index is 0.129. The molecule has 176 valence electrons. The van der Waals surface area contributed by atoms with E-state index in [4.69, 9.17) is 16.3 Å². The fourth-order valence-electron chi connectivity index (χ4n) is 4.35. The minimum Gasteiger partial charge on any atom is -0.487 e. The molecule has 7 nitrogen and oxygen atoms in total. The van der Waals surface area contributed by atoms with Crippen LogP contribution in [0.2, 0.25) is 5.02 Å². The molecule has 8 heteroatoms. The van der Waals surface area contributed by atoms with Crippen molar-refractivity contribution in [2.45, 2.75) is 58.3 Å². The molecular weight excluding hydrogens is 444 g/mol. The molecule has 0 radical (unpaired) electrons. The molecule has 1 aliphatic heterocycles. The second-order valence-electron chi connectivity index (χ2n) is 9.14. The van der Waals surface area contributed by atoms with Gasteiger partial charge in [0.1, 0.15) is 17.4 Å². The van der Waals surface area contributed by atoms with Gasteiger partial charge in [0.2, 0.25) is 0 Å². The van der Waals surface area contributed by atoms with E-state index >= 15 is 0 Å². The Balaban J connectivity index is 2.16. The lowest BCUT2D eigenvalue weighted by Gasteiger charge is -2.47. The number of amides is 1. The van der Waals surface area contributed by atoms with Gasteiger partial charge >= 0.3 is 5.97 Å². The standard InChI is InChI=1S/C25H29ClN2O5/c1-13(2)27-22(24(31)32)20-21(28-23(30)16-7-6-8-17(26)11-16)18-12-15(14(3)29)9-10-19(18)33-25(20,4)5/h6-13,20-22,27H,1-5H3,(H,28,30)(H,31,32)/t20-,21-,22?/m1/s1. The van der Waals surface area contributed by atoms with Crippen LogP contribution in [0.15, 0.2) is 42.5 Å². The maximum atomic E-state index is 13.2. The fraction of sp³-hybridized carbons (Fsp3) is 0.400. The van der Waals surface area contributed by atoms with Crippen LogP contribution < -0.4 is 15.4 Å². The van der Waals surface area contributed by atoms with Gasteiger partial charge in [-0.05, 0) is 57.2 Å². The predicted octanol–water partition coefficient (Wildman–Crippen LogP) is 4.25. The molecule has 3 rings (SSSR count). The van der Waals surface area contributed by atoms with Crippen LogP contribution in [-0.4, -0.2) is 40.5 Å². The second kappa shape index (κ2) is 9.53. The number of carboxylic acid groups (broad SMARTS) is 1. The molecule has 0 bridgehead atoms. The summed E-state index contributed by atoms with van der Waals surface area (Å²) in [4.78, 5) is 37.6. The highest BCUT2D eigenvalue weighted by molar-refractivity contribution is 6.30. The van der Waals surface area contributed by atoms with E-state index < -0.39 is 35.5 Å². The first-order valence-electron chi connectivity index (χ1n) is 10.8. The Bertz CT molecular complexity index is 1080. The van der Waals surface area contributed by atoms with E-state index in [1.54, 1.807) is 56.3 Å². The van der Waals surface area contributed by atoms with E-state index in [-0.39, 0.29) is 11.8 Å². The Morgan fingerprint density at radius 2 is 1.79 bits per heavy atom. The highest BCUT2D eigenvalue weighted by Gasteiger charge is 2.51. The van der Waals surface area contributed by atoms with E-state index in [9.17, 15) is 19.5 Å². The number of benzene rings is 2. The number of carbonyl (C=O) groups is 3. The van der Waals surface area contributed by atoms with Gasteiger partial charge in [0, 0.05) is 33.7 Å². The average Bonchev–Trinajstić information content (AvgIpc) is 2.71. The van der Waals surface area contributed by atoms with Gasteiger partial charge in [-0.3, -0.25) is 14.4 Å². The Hall–Kier alpha value is -2.90. The topological polar surface area (TPSA) is 105 Å². The second-order valence-corrected chi connectivity index (χ2v) is 9.58. The fourth-order valence-corrected chi connectivity index (χ4v) is 4.54. The summed E-state index contributed by atoms with van der Waals surface area (Å²) in [6.45, 7) is 8.76. The molecule has 3 atom stereocenters. The van der Waals surface area contributed by atoms with Gasteiger partial charge in [-0.1, -0.05) is 31.5 Å². The van der Waals surface area contributed by atoms with Gasteiger partial charge < -0.3 is 20.5 Å². The molecular formula is C25H29ClN2O5. The van der Waals surface area contributed by atoms with Crippen LogP contribution in [0.25, 0.3) is 0 Å². The number of fused-ring (bicyclic) bond motifs is 1. The summed E-state index contributed by atoms with van der Waals surface area (Å²) in [7, 11) is 0. The largest absolute Gasteiger partial charge is 0.487 e. The Morgan fingerprint density at radius 1 is 1.09 bits per heavy atom. The molecule has 3 N–H and O–H groups in total. The molecule has 0 aromatic heterocycles. The van der Waals surface area contributed by atoms with Gasteiger partial charge in [-0.15, -0.1) is 0 Å². The Labute approximate surface area is 198 Å². The summed E-state index contributed by atoms with van der Waals surface area (Å²) < 4.78 is 6.23. The number of aliphatic carboxylic acids is 1. The molecule has 0 aliphatic carbocycles. The van der Waals surface area contributed by atoms with Crippen molar-refractivity contribution in [2.24, 2.45) is 5.92 Å². The predicted molar refractivity (Wildman–Crippen MR) is 126 cm³/mol. The monoisotopic (exact) mass is 472 g/mol. The molecule has 2 aromatic carbocycles. The number of Topliss-reactive ketones (excluding diaryl/α,β-unsaturated/α-hetero) is 1. The summed E-state index contributed by atoms with van der Waals surface area (Å²) in [5.74, 6) is -1.81. The first-order valence-corrected chi connectivity index (χ1v) is 11.2. The van der Waals surface area contributed by atoms with Crippen LogP contribution in [0.1, 0.15) is 66.9 Å². The average molecular weight is 473 g/mol. The number of carboxylic acids is 1. The molecule has 0 spiro atoms. The van der Waals surface area contributed by atoms with Crippen molar-refractivity contribution in [2.75, 3.05) is 0 Å². The van der Waals surface area contributed by atoms with Gasteiger partial charge in [-0.25, -0.2) is 0 Å². The van der Waals surface area contributed by atoms with E-state index in [0.717, 1.165) is 0 Å². The summed E-state index contributed by atoms with van der Waals surface area (Å²) in [6, 6.07) is 9.63. The summed E-state index contributed by atoms with van der Waals surface area (Å²) in [5.41, 5.74) is 0.390. The highest BCUT2D eigenvalue weighted by atomic mass is 35.5. The third kappa shape index (κ3) is 5.37. The van der Waals surface area contributed by atoms with Gasteiger partial charge in [0.15, 0.2) is 5.78 Å². The van der Waals surface area contributed by atoms with Crippen LogP contribution in [0.3, 0.4) is 0 Å². The maximum absolute atomic E-state index is 13.2. The number of carbonyl (C=O) groups excluding carboxylic acids is 2. The minimum atomic E-state index is -1.06. The number of hydrogen-bond acceptors (Lipinski definition) is 5. The summed E-state index contributed by atoms with van der Waals surface area (Å²) >= 11 is 6.07. The van der Waals surface area contributed by atoms with Crippen molar-refractivity contribution in [1.82, 2.24) is 10.6 Å². The zero-order chi connectivity index (χ0) is 24.5. The molecule has 1 heterocycles. The van der Waals surface area contributed by atoms with Crippen molar-refractivity contribution >= 4 is 29.3 Å². The number of rotatable bonds is 7. The van der Waals surface area contributed by atoms with Crippen LogP contribution in [0.4, 0.5) is 0 Å². The van der Waals surface area contributed by atoms with E-state index in [1.165, 1.54) is 6.92 Å². The van der Waals surface area contributed by atoms with Crippen LogP contribution >= 0.6 is 11.6 Å². The Kier molecular flexibility index (Phi) is 7.14. The molecule has 0 saturated heterocycles. The van der Waals surface area contributed by atoms with Crippen molar-refractivity contribution < 1.29 is 24.2 Å². The van der Waals surface area contributed by atoms with Gasteiger partial charge in [0.05, 0.1) is 6.04 Å². The number of ether oxygens (including phenoxy) is 1. The molecule has 1 amide bonds. The number of ketones is 1. The summed E-state index contributed by atoms with van der Waals surface area (Å²) in [6.07, 6.45) is 0. The van der Waals surface area contributed by atoms with Crippen molar-refractivity contribution in [3.05, 3.63) is 64.2 Å². The molecule has 0 saturated carbocycles. The van der Waals surface area contributed by atoms with Gasteiger partial charge in [0.25, 0.3) is 5.91 Å². The number of hydrogen-bond donors (Lipinski definition) is 3. The van der Waals surface area contributed by atoms with E-state index in [1.807, 2.05) is 13.8 Å². The lowest BCUT2D eigenvalue weighted by molar-refractivity contribution is -0.145. The number of halogens is 1. The quantitative estimate of drug-likeness (QED) is 0.520. The Morgan fingerprint density at radius 3 is 2.36 bits per heavy atom. The number of nitrogens with one attached hydrogen (secondary N) is 2. The van der Waals surface area contributed by atoms with Gasteiger partial charge in [-0.2, -0.15) is 0 Å². The van der Waals surface area contributed by atoms with Crippen molar-refractivity contribution in [3.63, 3.8) is 0 Å². The van der Waals surface area contributed by atoms with E-state index in [2.05, 4.69) is 10.6 Å². The van der Waals surface area contributed by atoms with E-state index in [0.29, 0.717) is 27.5 Å². The molecule has 0 fully saturated rings. The molecule has 1 aliphatic rings. The van der Waals surface area contributed by atoms with Crippen LogP contribution in [0.5, 0.6) is 5.75 Å². The van der Waals surface area contributed by atoms with Crippen molar-refractivity contribution in [3.8, 4) is 5.75 Å². The lowest BCUT2D eigenvalue weighted by atomic mass is 9.73. The zero-order valence-electron chi connectivity index (χ0n) is 19.3. The van der Waals surface area contributed by atoms with Crippen LogP contribution in [0, 0.1) is 5.92 Å². The third-order valence-electron chi connectivity index (χ3n) is 5.80. The van der Waals surface area contributed by atoms with Crippen molar-refractivity contribution in [1.29, 1.82) is 0 Å². The normalized spacial score (nSPS) is 19.8. The van der Waals surface area contributed by atoms with Crippen LogP contribution in [-0.2, 0) is 4.79 Å². The maximum Gasteiger partial charge on any atom is 0.321 e. The SMILES string of the molecule is CC(=O)c1ccc2c(c1)[C@@H](NC(=O)c1cccc(Cl)c1)[C@H](C(NC(C)C)C(=O)O)C(C)(C)O2. The first kappa shape index (κ1) is 24.7.